The Kier molecular flexibility index (Phi) is 2.47. The van der Waals surface area contributed by atoms with Crippen LogP contribution < -0.4 is 5.32 Å². The quantitative estimate of drug-likeness (QED) is 0.903. The van der Waals surface area contributed by atoms with Crippen molar-refractivity contribution >= 4 is 21.7 Å². The first-order valence-corrected chi connectivity index (χ1v) is 5.58. The predicted molar refractivity (Wildman–Crippen MR) is 60.1 cm³/mol. The van der Waals surface area contributed by atoms with Crippen LogP contribution in [-0.2, 0) is 0 Å². The monoisotopic (exact) mass is 255 g/mol. The van der Waals surface area contributed by atoms with Crippen molar-refractivity contribution in [2.75, 3.05) is 11.9 Å². The van der Waals surface area contributed by atoms with Gasteiger partial charge < -0.3 is 5.32 Å². The molecule has 14 heavy (non-hydrogen) atoms. The molecule has 1 aliphatic rings. The second-order valence-corrected chi connectivity index (χ2v) is 5.34. The van der Waals surface area contributed by atoms with Crippen LogP contribution in [0.4, 0.5) is 5.82 Å². The normalized spacial score (nSPS) is 23.2. The third-order valence-corrected chi connectivity index (χ3v) is 3.48. The molecule has 1 N–H and O–H groups in total. The standard InChI is InChI=1S/C10H14BrN3/c1-10(2)3-7(10)4-13-9-8(11)5-12-6-14-9/h5-7H,3-4H2,1-2H3,(H,12,13,14). The average Bonchev–Trinajstić information content (AvgIpc) is 2.73. The fourth-order valence-electron chi connectivity index (χ4n) is 1.59. The lowest BCUT2D eigenvalue weighted by Gasteiger charge is -2.07. The fourth-order valence-corrected chi connectivity index (χ4v) is 1.95. The van der Waals surface area contributed by atoms with Gasteiger partial charge in [0.1, 0.15) is 12.1 Å². The molecule has 0 spiro atoms. The fraction of sp³-hybridized carbons (Fsp3) is 0.600. The Hall–Kier alpha value is -0.640. The van der Waals surface area contributed by atoms with E-state index in [1.165, 1.54) is 6.42 Å². The topological polar surface area (TPSA) is 37.8 Å². The lowest BCUT2D eigenvalue weighted by molar-refractivity contribution is 0.572. The summed E-state index contributed by atoms with van der Waals surface area (Å²) < 4.78 is 0.929. The van der Waals surface area contributed by atoms with Crippen LogP contribution >= 0.6 is 15.9 Å². The van der Waals surface area contributed by atoms with Crippen LogP contribution in [0.5, 0.6) is 0 Å². The van der Waals surface area contributed by atoms with Crippen molar-refractivity contribution in [2.24, 2.45) is 11.3 Å². The molecule has 4 heteroatoms. The van der Waals surface area contributed by atoms with Gasteiger partial charge in [-0.25, -0.2) is 9.97 Å². The van der Waals surface area contributed by atoms with Crippen molar-refractivity contribution in [3.8, 4) is 0 Å². The maximum absolute atomic E-state index is 4.16. The van der Waals surface area contributed by atoms with E-state index in [0.29, 0.717) is 5.41 Å². The van der Waals surface area contributed by atoms with E-state index in [2.05, 4.69) is 45.1 Å². The van der Waals surface area contributed by atoms with Gasteiger partial charge in [-0.05, 0) is 33.7 Å². The maximum Gasteiger partial charge on any atom is 0.143 e. The Balaban J connectivity index is 1.90. The number of nitrogens with zero attached hydrogens (tertiary/aromatic N) is 2. The van der Waals surface area contributed by atoms with E-state index in [9.17, 15) is 0 Å². The number of hydrogen-bond acceptors (Lipinski definition) is 3. The first-order chi connectivity index (χ1) is 6.59. The summed E-state index contributed by atoms with van der Waals surface area (Å²) in [7, 11) is 0. The van der Waals surface area contributed by atoms with Gasteiger partial charge >= 0.3 is 0 Å². The number of rotatable bonds is 3. The summed E-state index contributed by atoms with van der Waals surface area (Å²) >= 11 is 3.41. The molecule has 0 aromatic carbocycles. The molecule has 0 radical (unpaired) electrons. The number of halogens is 1. The second-order valence-electron chi connectivity index (χ2n) is 4.49. The van der Waals surface area contributed by atoms with Crippen LogP contribution in [0.1, 0.15) is 20.3 Å². The molecular weight excluding hydrogens is 242 g/mol. The molecule has 3 nitrogen and oxygen atoms in total. The molecule has 0 aliphatic heterocycles. The van der Waals surface area contributed by atoms with Crippen molar-refractivity contribution in [3.63, 3.8) is 0 Å². The van der Waals surface area contributed by atoms with Crippen LogP contribution in [0.15, 0.2) is 17.0 Å². The van der Waals surface area contributed by atoms with E-state index >= 15 is 0 Å². The van der Waals surface area contributed by atoms with Crippen LogP contribution in [0, 0.1) is 11.3 Å². The van der Waals surface area contributed by atoms with E-state index in [1.54, 1.807) is 12.5 Å². The molecule has 1 heterocycles. The van der Waals surface area contributed by atoms with Crippen LogP contribution in [0.3, 0.4) is 0 Å². The largest absolute Gasteiger partial charge is 0.369 e. The summed E-state index contributed by atoms with van der Waals surface area (Å²) in [5.41, 5.74) is 0.520. The zero-order chi connectivity index (χ0) is 10.2. The minimum atomic E-state index is 0.520. The van der Waals surface area contributed by atoms with Crippen LogP contribution in [-0.4, -0.2) is 16.5 Å². The highest BCUT2D eigenvalue weighted by molar-refractivity contribution is 9.10. The van der Waals surface area contributed by atoms with Gasteiger partial charge in [-0.15, -0.1) is 0 Å². The SMILES string of the molecule is CC1(C)CC1CNc1ncncc1Br. The van der Waals surface area contributed by atoms with Gasteiger partial charge in [-0.2, -0.15) is 0 Å². The minimum Gasteiger partial charge on any atom is -0.369 e. The Morgan fingerprint density at radius 1 is 1.64 bits per heavy atom. The molecule has 1 atom stereocenters. The van der Waals surface area contributed by atoms with Crippen molar-refractivity contribution in [2.45, 2.75) is 20.3 Å². The van der Waals surface area contributed by atoms with Crippen molar-refractivity contribution < 1.29 is 0 Å². The van der Waals surface area contributed by atoms with Gasteiger partial charge in [0.05, 0.1) is 4.47 Å². The van der Waals surface area contributed by atoms with Gasteiger partial charge in [0.2, 0.25) is 0 Å². The third-order valence-electron chi connectivity index (χ3n) is 2.90. The highest BCUT2D eigenvalue weighted by Crippen LogP contribution is 2.51. The van der Waals surface area contributed by atoms with Gasteiger partial charge in [0.15, 0.2) is 0 Å². The van der Waals surface area contributed by atoms with E-state index in [0.717, 1.165) is 22.8 Å². The first-order valence-electron chi connectivity index (χ1n) is 4.79. The number of hydrogen-bond donors (Lipinski definition) is 1. The summed E-state index contributed by atoms with van der Waals surface area (Å²) in [5.74, 6) is 1.67. The van der Waals surface area contributed by atoms with Gasteiger partial charge in [0, 0.05) is 12.7 Å². The van der Waals surface area contributed by atoms with Crippen molar-refractivity contribution in [1.82, 2.24) is 9.97 Å². The predicted octanol–water partition coefficient (Wildman–Crippen LogP) is 2.70. The molecular formula is C10H14BrN3. The van der Waals surface area contributed by atoms with Gasteiger partial charge in [-0.3, -0.25) is 0 Å². The van der Waals surface area contributed by atoms with Crippen molar-refractivity contribution in [1.29, 1.82) is 0 Å². The Labute approximate surface area is 92.5 Å². The maximum atomic E-state index is 4.16. The zero-order valence-electron chi connectivity index (χ0n) is 8.42. The zero-order valence-corrected chi connectivity index (χ0v) is 10.0. The Bertz CT molecular complexity index is 338. The van der Waals surface area contributed by atoms with Crippen molar-refractivity contribution in [3.05, 3.63) is 17.0 Å². The molecule has 1 saturated carbocycles. The lowest BCUT2D eigenvalue weighted by atomic mass is 10.1. The Morgan fingerprint density at radius 2 is 2.36 bits per heavy atom. The molecule has 1 unspecified atom stereocenters. The molecule has 1 aliphatic carbocycles. The molecule has 76 valence electrons. The van der Waals surface area contributed by atoms with E-state index in [-0.39, 0.29) is 0 Å². The molecule has 0 bridgehead atoms. The summed E-state index contributed by atoms with van der Waals surface area (Å²) in [6, 6.07) is 0. The number of aromatic nitrogens is 2. The number of nitrogens with one attached hydrogen (secondary N) is 1. The van der Waals surface area contributed by atoms with E-state index in [4.69, 9.17) is 0 Å². The molecule has 1 aromatic rings. The molecule has 2 rings (SSSR count). The molecule has 0 amide bonds. The van der Waals surface area contributed by atoms with Crippen LogP contribution in [0.25, 0.3) is 0 Å². The highest BCUT2D eigenvalue weighted by atomic mass is 79.9. The van der Waals surface area contributed by atoms with E-state index < -0.39 is 0 Å². The lowest BCUT2D eigenvalue weighted by Crippen LogP contribution is -2.08. The summed E-state index contributed by atoms with van der Waals surface area (Å²) in [6.45, 7) is 5.60. The first kappa shape index (κ1) is 9.90. The Morgan fingerprint density at radius 3 is 2.93 bits per heavy atom. The number of anilines is 1. The summed E-state index contributed by atoms with van der Waals surface area (Å²) in [5, 5.41) is 3.33. The summed E-state index contributed by atoms with van der Waals surface area (Å²) in [4.78, 5) is 8.07. The van der Waals surface area contributed by atoms with Gasteiger partial charge in [-0.1, -0.05) is 13.8 Å². The van der Waals surface area contributed by atoms with Crippen LogP contribution in [0.2, 0.25) is 0 Å². The molecule has 1 aromatic heterocycles. The average molecular weight is 256 g/mol. The summed E-state index contributed by atoms with van der Waals surface area (Å²) in [6.07, 6.45) is 4.63. The van der Waals surface area contributed by atoms with Gasteiger partial charge in [0.25, 0.3) is 0 Å². The highest BCUT2D eigenvalue weighted by Gasteiger charge is 2.45. The second kappa shape index (κ2) is 3.50. The van der Waals surface area contributed by atoms with E-state index in [1.807, 2.05) is 0 Å². The smallest absolute Gasteiger partial charge is 0.143 e. The molecule has 0 saturated heterocycles. The third kappa shape index (κ3) is 2.05. The molecule has 1 fully saturated rings. The minimum absolute atomic E-state index is 0.520.